The lowest BCUT2D eigenvalue weighted by atomic mass is 10.1. The van der Waals surface area contributed by atoms with E-state index in [1.807, 2.05) is 25.3 Å². The predicted molar refractivity (Wildman–Crippen MR) is 60.0 cm³/mol. The second-order valence-electron chi connectivity index (χ2n) is 3.61. The molecule has 0 fully saturated rings. The van der Waals surface area contributed by atoms with Crippen LogP contribution in [0.5, 0.6) is 5.88 Å². The Morgan fingerprint density at radius 3 is 2.73 bits per heavy atom. The number of aromatic nitrogens is 2. The van der Waals surface area contributed by atoms with E-state index in [9.17, 15) is 9.90 Å². The standard InChI is InChI=1S/C10H12N2O2S/c1-6(2)8-9(13)12(10(14)11-8)7-4-3-5-15-7/h3-6,13H,1-2H3,(H,11,14). The van der Waals surface area contributed by atoms with Crippen LogP contribution in [0.4, 0.5) is 0 Å². The van der Waals surface area contributed by atoms with Crippen LogP contribution in [-0.4, -0.2) is 14.7 Å². The summed E-state index contributed by atoms with van der Waals surface area (Å²) in [5, 5.41) is 12.5. The highest BCUT2D eigenvalue weighted by molar-refractivity contribution is 7.12. The van der Waals surface area contributed by atoms with Crippen LogP contribution in [0.15, 0.2) is 22.3 Å². The fraction of sp³-hybridized carbons (Fsp3) is 0.300. The van der Waals surface area contributed by atoms with E-state index < -0.39 is 0 Å². The van der Waals surface area contributed by atoms with Crippen molar-refractivity contribution in [2.45, 2.75) is 19.8 Å². The second kappa shape index (κ2) is 3.58. The SMILES string of the molecule is CC(C)c1[nH]c(=O)n(-c2cccs2)c1O. The zero-order valence-corrected chi connectivity index (χ0v) is 9.34. The number of aromatic hydroxyl groups is 1. The van der Waals surface area contributed by atoms with Crippen molar-refractivity contribution in [3.05, 3.63) is 33.7 Å². The molecule has 5 heteroatoms. The fourth-order valence-corrected chi connectivity index (χ4v) is 2.18. The van der Waals surface area contributed by atoms with Gasteiger partial charge in [-0.15, -0.1) is 11.3 Å². The van der Waals surface area contributed by atoms with Crippen molar-refractivity contribution in [2.75, 3.05) is 0 Å². The van der Waals surface area contributed by atoms with Crippen LogP contribution in [0.2, 0.25) is 0 Å². The summed E-state index contributed by atoms with van der Waals surface area (Å²) in [5.74, 6) is 0.108. The number of aromatic amines is 1. The molecule has 2 aromatic rings. The molecule has 2 heterocycles. The zero-order valence-electron chi connectivity index (χ0n) is 8.52. The van der Waals surface area contributed by atoms with Crippen LogP contribution in [0, 0.1) is 0 Å². The molecule has 0 saturated carbocycles. The van der Waals surface area contributed by atoms with Gasteiger partial charge in [0, 0.05) is 0 Å². The fourth-order valence-electron chi connectivity index (χ4n) is 1.45. The average Bonchev–Trinajstić information content (AvgIpc) is 2.73. The molecular weight excluding hydrogens is 212 g/mol. The van der Waals surface area contributed by atoms with Crippen LogP contribution in [0.25, 0.3) is 5.00 Å². The molecule has 2 rings (SSSR count). The Balaban J connectivity index is 2.63. The van der Waals surface area contributed by atoms with Gasteiger partial charge in [0.15, 0.2) is 0 Å². The van der Waals surface area contributed by atoms with Gasteiger partial charge in [0.05, 0.1) is 5.69 Å². The number of H-pyrrole nitrogens is 1. The molecule has 0 atom stereocenters. The van der Waals surface area contributed by atoms with Crippen LogP contribution in [0.3, 0.4) is 0 Å². The molecule has 2 aromatic heterocycles. The maximum Gasteiger partial charge on any atom is 0.333 e. The first-order valence-corrected chi connectivity index (χ1v) is 5.57. The molecule has 4 nitrogen and oxygen atoms in total. The molecule has 2 N–H and O–H groups in total. The normalized spacial score (nSPS) is 11.1. The second-order valence-corrected chi connectivity index (χ2v) is 4.53. The van der Waals surface area contributed by atoms with Crippen LogP contribution >= 0.6 is 11.3 Å². The summed E-state index contributed by atoms with van der Waals surface area (Å²) < 4.78 is 1.29. The van der Waals surface area contributed by atoms with Gasteiger partial charge in [0.2, 0.25) is 5.88 Å². The van der Waals surface area contributed by atoms with Crippen molar-refractivity contribution < 1.29 is 5.11 Å². The number of rotatable bonds is 2. The Hall–Kier alpha value is -1.49. The number of nitrogens with zero attached hydrogens (tertiary/aromatic N) is 1. The summed E-state index contributed by atoms with van der Waals surface area (Å²) in [6, 6.07) is 3.64. The number of nitrogens with one attached hydrogen (secondary N) is 1. The molecule has 80 valence electrons. The monoisotopic (exact) mass is 224 g/mol. The van der Waals surface area contributed by atoms with Crippen molar-refractivity contribution in [1.29, 1.82) is 0 Å². The molecule has 0 radical (unpaired) electrons. The summed E-state index contributed by atoms with van der Waals surface area (Å²) in [4.78, 5) is 14.3. The third-order valence-corrected chi connectivity index (χ3v) is 3.05. The van der Waals surface area contributed by atoms with E-state index in [4.69, 9.17) is 0 Å². The van der Waals surface area contributed by atoms with E-state index >= 15 is 0 Å². The van der Waals surface area contributed by atoms with E-state index in [-0.39, 0.29) is 17.5 Å². The van der Waals surface area contributed by atoms with Gasteiger partial charge in [-0.1, -0.05) is 13.8 Å². The van der Waals surface area contributed by atoms with Crippen LogP contribution in [-0.2, 0) is 0 Å². The molecular formula is C10H12N2O2S. The molecule has 0 bridgehead atoms. The highest BCUT2D eigenvalue weighted by Gasteiger charge is 2.16. The number of hydrogen-bond acceptors (Lipinski definition) is 3. The Morgan fingerprint density at radius 2 is 2.27 bits per heavy atom. The highest BCUT2D eigenvalue weighted by Crippen LogP contribution is 2.26. The molecule has 0 aliphatic heterocycles. The summed E-state index contributed by atoms with van der Waals surface area (Å²) in [6.45, 7) is 3.84. The zero-order chi connectivity index (χ0) is 11.0. The molecule has 0 spiro atoms. The van der Waals surface area contributed by atoms with Crippen LogP contribution in [0.1, 0.15) is 25.5 Å². The molecule has 0 unspecified atom stereocenters. The van der Waals surface area contributed by atoms with Gasteiger partial charge in [-0.2, -0.15) is 0 Å². The molecule has 0 amide bonds. The maximum absolute atomic E-state index is 11.6. The Bertz CT molecular complexity index is 508. The summed E-state index contributed by atoms with van der Waals surface area (Å²) >= 11 is 1.41. The quantitative estimate of drug-likeness (QED) is 0.820. The summed E-state index contributed by atoms with van der Waals surface area (Å²) in [7, 11) is 0. The first kappa shape index (κ1) is 10.0. The van der Waals surface area contributed by atoms with Crippen molar-refractivity contribution in [3.8, 4) is 10.9 Å². The smallest absolute Gasteiger partial charge is 0.333 e. The van der Waals surface area contributed by atoms with E-state index in [1.165, 1.54) is 15.9 Å². The third kappa shape index (κ3) is 1.59. The van der Waals surface area contributed by atoms with E-state index in [1.54, 1.807) is 6.07 Å². The lowest BCUT2D eigenvalue weighted by Crippen LogP contribution is -2.13. The van der Waals surface area contributed by atoms with Crippen molar-refractivity contribution in [2.24, 2.45) is 0 Å². The summed E-state index contributed by atoms with van der Waals surface area (Å²) in [5.41, 5.74) is 0.284. The molecule has 0 aromatic carbocycles. The number of thiophene rings is 1. The largest absolute Gasteiger partial charge is 0.493 e. The predicted octanol–water partition coefficient (Wildman–Crippen LogP) is 2.06. The topological polar surface area (TPSA) is 58.0 Å². The minimum Gasteiger partial charge on any atom is -0.493 e. The minimum atomic E-state index is -0.293. The molecule has 0 aliphatic rings. The highest BCUT2D eigenvalue weighted by atomic mass is 32.1. The van der Waals surface area contributed by atoms with Gasteiger partial charge < -0.3 is 10.1 Å². The van der Waals surface area contributed by atoms with E-state index in [0.29, 0.717) is 5.69 Å². The third-order valence-electron chi connectivity index (χ3n) is 2.20. The van der Waals surface area contributed by atoms with Crippen LogP contribution < -0.4 is 5.69 Å². The Morgan fingerprint density at radius 1 is 1.53 bits per heavy atom. The van der Waals surface area contributed by atoms with Gasteiger partial charge >= 0.3 is 5.69 Å². The van der Waals surface area contributed by atoms with Gasteiger partial charge in [0.1, 0.15) is 5.00 Å². The lowest BCUT2D eigenvalue weighted by Gasteiger charge is -2.02. The summed E-state index contributed by atoms with van der Waals surface area (Å²) in [6.07, 6.45) is 0. The Labute approximate surface area is 90.8 Å². The number of hydrogen-bond donors (Lipinski definition) is 2. The Kier molecular flexibility index (Phi) is 2.40. The number of imidazole rings is 1. The van der Waals surface area contributed by atoms with Crippen molar-refractivity contribution >= 4 is 11.3 Å². The first-order chi connectivity index (χ1) is 7.11. The van der Waals surface area contributed by atoms with Gasteiger partial charge in [0.25, 0.3) is 0 Å². The van der Waals surface area contributed by atoms with Crippen molar-refractivity contribution in [3.63, 3.8) is 0 Å². The lowest BCUT2D eigenvalue weighted by molar-refractivity contribution is 0.432. The molecule has 15 heavy (non-hydrogen) atoms. The molecule has 0 saturated heterocycles. The van der Waals surface area contributed by atoms with Gasteiger partial charge in [-0.3, -0.25) is 0 Å². The van der Waals surface area contributed by atoms with Gasteiger partial charge in [-0.25, -0.2) is 9.36 Å². The minimum absolute atomic E-state index is 0.0115. The first-order valence-electron chi connectivity index (χ1n) is 4.69. The van der Waals surface area contributed by atoms with Gasteiger partial charge in [-0.05, 0) is 23.4 Å². The van der Waals surface area contributed by atoms with Crippen molar-refractivity contribution in [1.82, 2.24) is 9.55 Å². The van der Waals surface area contributed by atoms with E-state index in [2.05, 4.69) is 4.98 Å². The van der Waals surface area contributed by atoms with E-state index in [0.717, 1.165) is 5.00 Å². The average molecular weight is 224 g/mol. The molecule has 0 aliphatic carbocycles. The maximum atomic E-state index is 11.6.